The van der Waals surface area contributed by atoms with Crippen molar-refractivity contribution in [2.24, 2.45) is 0 Å². The summed E-state index contributed by atoms with van der Waals surface area (Å²) in [5.41, 5.74) is 0.334. The highest BCUT2D eigenvalue weighted by Crippen LogP contribution is 2.33. The smallest absolute Gasteiger partial charge is 0.219 e. The average molecular weight is 390 g/mol. The van der Waals surface area contributed by atoms with Gasteiger partial charge >= 0.3 is 0 Å². The maximum Gasteiger partial charge on any atom is 0.219 e. The van der Waals surface area contributed by atoms with Gasteiger partial charge in [-0.3, -0.25) is 9.69 Å². The van der Waals surface area contributed by atoms with Crippen molar-refractivity contribution in [2.45, 2.75) is 63.1 Å². The fourth-order valence-electron chi connectivity index (χ4n) is 5.40. The van der Waals surface area contributed by atoms with E-state index < -0.39 is 5.60 Å². The predicted octanol–water partition coefficient (Wildman–Crippen LogP) is 2.63. The van der Waals surface area contributed by atoms with Gasteiger partial charge in [0, 0.05) is 50.9 Å². The van der Waals surface area contributed by atoms with E-state index in [9.17, 15) is 14.3 Å². The second kappa shape index (κ2) is 7.99. The molecule has 2 atom stereocenters. The van der Waals surface area contributed by atoms with Crippen molar-refractivity contribution in [3.8, 4) is 0 Å². The zero-order valence-corrected chi connectivity index (χ0v) is 16.8. The van der Waals surface area contributed by atoms with Gasteiger partial charge in [0.25, 0.3) is 0 Å². The van der Waals surface area contributed by atoms with Crippen LogP contribution in [0.15, 0.2) is 24.3 Å². The van der Waals surface area contributed by atoms with Crippen LogP contribution in [0.5, 0.6) is 0 Å². The van der Waals surface area contributed by atoms with Crippen LogP contribution < -0.4 is 4.90 Å². The fourth-order valence-corrected chi connectivity index (χ4v) is 5.40. The van der Waals surface area contributed by atoms with Crippen LogP contribution in [0.2, 0.25) is 0 Å². The number of β-amino-alcohol motifs (C(OH)–C–C–N with tert-alkyl or cyclic N) is 1. The normalized spacial score (nSPS) is 28.1. The number of amides is 1. The van der Waals surface area contributed by atoms with Crippen LogP contribution >= 0.6 is 0 Å². The molecule has 3 aliphatic heterocycles. The van der Waals surface area contributed by atoms with Gasteiger partial charge < -0.3 is 14.9 Å². The molecule has 5 nitrogen and oxygen atoms in total. The molecular weight excluding hydrogens is 357 g/mol. The Morgan fingerprint density at radius 2 is 1.79 bits per heavy atom. The monoisotopic (exact) mass is 389 g/mol. The third-order valence-corrected chi connectivity index (χ3v) is 6.96. The molecule has 0 bridgehead atoms. The van der Waals surface area contributed by atoms with Crippen molar-refractivity contribution in [3.63, 3.8) is 0 Å². The van der Waals surface area contributed by atoms with Crippen molar-refractivity contribution in [1.29, 1.82) is 0 Å². The SMILES string of the molecule is CC(=O)N1CC[C@@H]2[C@H]1CCCCN2CC1(O)CCN(c2ccc(F)cc2)CC1. The van der Waals surface area contributed by atoms with Gasteiger partial charge in [-0.2, -0.15) is 0 Å². The predicted molar refractivity (Wildman–Crippen MR) is 108 cm³/mol. The number of anilines is 1. The number of nitrogens with zero attached hydrogens (tertiary/aromatic N) is 3. The molecule has 0 radical (unpaired) electrons. The molecule has 154 valence electrons. The lowest BCUT2D eigenvalue weighted by molar-refractivity contribution is -0.130. The second-order valence-electron chi connectivity index (χ2n) is 8.79. The Morgan fingerprint density at radius 1 is 1.07 bits per heavy atom. The van der Waals surface area contributed by atoms with Crippen molar-refractivity contribution >= 4 is 11.6 Å². The summed E-state index contributed by atoms with van der Waals surface area (Å²) in [5.74, 6) is -0.0372. The number of aliphatic hydroxyl groups is 1. The lowest BCUT2D eigenvalue weighted by atomic mass is 9.89. The highest BCUT2D eigenvalue weighted by Gasteiger charge is 2.43. The highest BCUT2D eigenvalue weighted by atomic mass is 19.1. The van der Waals surface area contributed by atoms with Crippen molar-refractivity contribution in [1.82, 2.24) is 9.80 Å². The minimum absolute atomic E-state index is 0.181. The summed E-state index contributed by atoms with van der Waals surface area (Å²) in [6, 6.07) is 7.30. The summed E-state index contributed by atoms with van der Waals surface area (Å²) >= 11 is 0. The minimum atomic E-state index is -0.685. The van der Waals surface area contributed by atoms with E-state index in [1.165, 1.54) is 12.1 Å². The standard InChI is InChI=1S/C22H32FN3O2/c1-17(27)26-13-9-20-21(26)4-2-3-12-25(20)16-22(28)10-14-24(15-11-22)19-7-5-18(23)6-8-19/h5-8,20-21,28H,2-4,9-16H2,1H3/t20-,21-/m1/s1. The summed E-state index contributed by atoms with van der Waals surface area (Å²) < 4.78 is 13.2. The van der Waals surface area contributed by atoms with Crippen LogP contribution in [-0.4, -0.2) is 71.2 Å². The Hall–Kier alpha value is -1.66. The zero-order valence-electron chi connectivity index (χ0n) is 16.8. The summed E-state index contributed by atoms with van der Waals surface area (Å²) in [6.45, 7) is 5.79. The van der Waals surface area contributed by atoms with Crippen LogP contribution in [-0.2, 0) is 4.79 Å². The molecule has 28 heavy (non-hydrogen) atoms. The maximum atomic E-state index is 13.2. The van der Waals surface area contributed by atoms with Crippen molar-refractivity contribution in [3.05, 3.63) is 30.1 Å². The van der Waals surface area contributed by atoms with Gasteiger partial charge in [0.05, 0.1) is 5.60 Å². The first-order valence-corrected chi connectivity index (χ1v) is 10.7. The van der Waals surface area contributed by atoms with Crippen LogP contribution in [0.25, 0.3) is 0 Å². The third-order valence-electron chi connectivity index (χ3n) is 6.96. The number of hydrogen-bond acceptors (Lipinski definition) is 4. The molecule has 3 saturated heterocycles. The van der Waals surface area contributed by atoms with Gasteiger partial charge in [-0.25, -0.2) is 4.39 Å². The number of rotatable bonds is 3. The molecule has 0 unspecified atom stereocenters. The second-order valence-corrected chi connectivity index (χ2v) is 8.79. The molecule has 3 fully saturated rings. The molecule has 0 saturated carbocycles. The molecule has 1 amide bonds. The Balaban J connectivity index is 1.39. The topological polar surface area (TPSA) is 47.0 Å². The minimum Gasteiger partial charge on any atom is -0.388 e. The van der Waals surface area contributed by atoms with E-state index in [-0.39, 0.29) is 11.7 Å². The van der Waals surface area contributed by atoms with Crippen LogP contribution in [0.1, 0.15) is 45.4 Å². The number of likely N-dealkylation sites (tertiary alicyclic amines) is 2. The van der Waals surface area contributed by atoms with Crippen LogP contribution in [0.4, 0.5) is 10.1 Å². The molecule has 0 spiro atoms. The third kappa shape index (κ3) is 4.03. The Morgan fingerprint density at radius 3 is 2.46 bits per heavy atom. The van der Waals surface area contributed by atoms with E-state index >= 15 is 0 Å². The first-order valence-electron chi connectivity index (χ1n) is 10.7. The van der Waals surface area contributed by atoms with E-state index in [0.717, 1.165) is 57.5 Å². The van der Waals surface area contributed by atoms with E-state index in [1.54, 1.807) is 6.92 Å². The highest BCUT2D eigenvalue weighted by molar-refractivity contribution is 5.74. The van der Waals surface area contributed by atoms with Gasteiger partial charge in [0.2, 0.25) is 5.91 Å². The summed E-state index contributed by atoms with van der Waals surface area (Å²) in [7, 11) is 0. The Labute approximate surface area is 167 Å². The summed E-state index contributed by atoms with van der Waals surface area (Å²) in [4.78, 5) is 18.7. The van der Waals surface area contributed by atoms with Gasteiger partial charge in [-0.1, -0.05) is 6.42 Å². The molecule has 1 aromatic carbocycles. The maximum absolute atomic E-state index is 13.2. The van der Waals surface area contributed by atoms with Crippen LogP contribution in [0.3, 0.4) is 0 Å². The first-order chi connectivity index (χ1) is 13.5. The fraction of sp³-hybridized carbons (Fsp3) is 0.682. The van der Waals surface area contributed by atoms with Crippen molar-refractivity contribution < 1.29 is 14.3 Å². The first kappa shape index (κ1) is 19.6. The molecule has 3 aliphatic rings. The van der Waals surface area contributed by atoms with Gasteiger partial charge in [-0.05, 0) is 62.9 Å². The molecule has 0 aliphatic carbocycles. The quantitative estimate of drug-likeness (QED) is 0.863. The zero-order chi connectivity index (χ0) is 19.7. The lowest BCUT2D eigenvalue weighted by Crippen LogP contribution is -2.55. The Kier molecular flexibility index (Phi) is 5.61. The van der Waals surface area contributed by atoms with E-state index in [0.29, 0.717) is 31.5 Å². The molecule has 1 N–H and O–H groups in total. The number of hydrogen-bond donors (Lipinski definition) is 1. The molecule has 1 aromatic rings. The van der Waals surface area contributed by atoms with Gasteiger partial charge in [0.1, 0.15) is 5.82 Å². The molecule has 4 rings (SSSR count). The number of benzene rings is 1. The molecule has 6 heteroatoms. The van der Waals surface area contributed by atoms with Crippen LogP contribution in [0, 0.1) is 5.82 Å². The van der Waals surface area contributed by atoms with Gasteiger partial charge in [-0.15, -0.1) is 0 Å². The van der Waals surface area contributed by atoms with E-state index in [4.69, 9.17) is 0 Å². The summed E-state index contributed by atoms with van der Waals surface area (Å²) in [6.07, 6.45) is 5.82. The lowest BCUT2D eigenvalue weighted by Gasteiger charge is -2.43. The number of fused-ring (bicyclic) bond motifs is 1. The number of carbonyl (C=O) groups is 1. The molecular formula is C22H32FN3O2. The number of piperidine rings is 1. The largest absolute Gasteiger partial charge is 0.388 e. The number of halogens is 1. The molecule has 3 heterocycles. The summed E-state index contributed by atoms with van der Waals surface area (Å²) in [5, 5.41) is 11.3. The average Bonchev–Trinajstić information content (AvgIpc) is 3.01. The Bertz CT molecular complexity index is 688. The van der Waals surface area contributed by atoms with E-state index in [2.05, 4.69) is 9.80 Å². The van der Waals surface area contributed by atoms with Gasteiger partial charge in [0.15, 0.2) is 0 Å². The van der Waals surface area contributed by atoms with Crippen molar-refractivity contribution in [2.75, 3.05) is 37.6 Å². The molecule has 0 aromatic heterocycles. The van der Waals surface area contributed by atoms with E-state index in [1.807, 2.05) is 17.0 Å². The number of carbonyl (C=O) groups excluding carboxylic acids is 1.